The van der Waals surface area contributed by atoms with Crippen molar-refractivity contribution in [3.8, 4) is 0 Å². The van der Waals surface area contributed by atoms with Gasteiger partial charge in [0.1, 0.15) is 5.82 Å². The lowest BCUT2D eigenvalue weighted by molar-refractivity contribution is 0.188. The van der Waals surface area contributed by atoms with Crippen LogP contribution in [0, 0.1) is 12.7 Å². The van der Waals surface area contributed by atoms with Gasteiger partial charge < -0.3 is 10.5 Å². The minimum absolute atomic E-state index is 0.0561. The molecule has 0 aromatic heterocycles. The first kappa shape index (κ1) is 15.9. The SMILES string of the molecule is COCCC(C)NS(=O)(=O)c1cc(N)cc(F)c1C. The van der Waals surface area contributed by atoms with Crippen molar-refractivity contribution in [3.05, 3.63) is 23.5 Å². The standard InChI is InChI=1S/C12H19FN2O3S/c1-8(4-5-18-3)15-19(16,17)12-7-10(14)6-11(13)9(12)2/h6-8,15H,4-5,14H2,1-3H3. The Kier molecular flexibility index (Phi) is 5.28. The Morgan fingerprint density at radius 1 is 1.47 bits per heavy atom. The van der Waals surface area contributed by atoms with Gasteiger partial charge in [-0.15, -0.1) is 0 Å². The van der Waals surface area contributed by atoms with Gasteiger partial charge in [0.15, 0.2) is 0 Å². The summed E-state index contributed by atoms with van der Waals surface area (Å²) in [6.07, 6.45) is 0.527. The van der Waals surface area contributed by atoms with Crippen LogP contribution < -0.4 is 10.5 Å². The van der Waals surface area contributed by atoms with Gasteiger partial charge in [0, 0.05) is 31.0 Å². The van der Waals surface area contributed by atoms with E-state index in [9.17, 15) is 12.8 Å². The molecule has 7 heteroatoms. The van der Waals surface area contributed by atoms with Crippen LogP contribution >= 0.6 is 0 Å². The second kappa shape index (κ2) is 6.31. The smallest absolute Gasteiger partial charge is 0.241 e. The van der Waals surface area contributed by atoms with Crippen LogP contribution in [-0.4, -0.2) is 28.2 Å². The number of anilines is 1. The first-order valence-corrected chi connectivity index (χ1v) is 7.33. The van der Waals surface area contributed by atoms with Gasteiger partial charge in [0.2, 0.25) is 10.0 Å². The van der Waals surface area contributed by atoms with Crippen LogP contribution in [-0.2, 0) is 14.8 Å². The van der Waals surface area contributed by atoms with Crippen molar-refractivity contribution in [2.45, 2.75) is 31.2 Å². The number of hydrogen-bond donors (Lipinski definition) is 2. The molecule has 0 heterocycles. The van der Waals surface area contributed by atoms with Crippen LogP contribution in [0.2, 0.25) is 0 Å². The molecule has 108 valence electrons. The number of benzene rings is 1. The van der Waals surface area contributed by atoms with Crippen molar-refractivity contribution >= 4 is 15.7 Å². The summed E-state index contributed by atoms with van der Waals surface area (Å²) in [6, 6.07) is 2.04. The number of halogens is 1. The van der Waals surface area contributed by atoms with E-state index in [-0.39, 0.29) is 22.2 Å². The second-order valence-electron chi connectivity index (χ2n) is 4.43. The summed E-state index contributed by atoms with van der Waals surface area (Å²) in [5, 5.41) is 0. The Morgan fingerprint density at radius 2 is 2.11 bits per heavy atom. The maximum Gasteiger partial charge on any atom is 0.241 e. The van der Waals surface area contributed by atoms with Gasteiger partial charge in [-0.25, -0.2) is 17.5 Å². The van der Waals surface area contributed by atoms with E-state index in [1.54, 1.807) is 14.0 Å². The summed E-state index contributed by atoms with van der Waals surface area (Å²) in [7, 11) is -2.25. The Balaban J connectivity index is 3.01. The third kappa shape index (κ3) is 4.15. The lowest BCUT2D eigenvalue weighted by Crippen LogP contribution is -2.34. The van der Waals surface area contributed by atoms with Gasteiger partial charge in [-0.3, -0.25) is 0 Å². The molecule has 0 aliphatic rings. The molecule has 0 saturated heterocycles. The molecule has 0 radical (unpaired) electrons. The van der Waals surface area contributed by atoms with Crippen molar-refractivity contribution in [3.63, 3.8) is 0 Å². The van der Waals surface area contributed by atoms with E-state index < -0.39 is 15.8 Å². The van der Waals surface area contributed by atoms with Crippen molar-refractivity contribution in [1.82, 2.24) is 4.72 Å². The average molecular weight is 290 g/mol. The average Bonchev–Trinajstić information content (AvgIpc) is 2.30. The van der Waals surface area contributed by atoms with Crippen LogP contribution in [0.1, 0.15) is 18.9 Å². The van der Waals surface area contributed by atoms with E-state index in [0.717, 1.165) is 6.07 Å². The summed E-state index contributed by atoms with van der Waals surface area (Å²) >= 11 is 0. The molecular formula is C12H19FN2O3S. The van der Waals surface area contributed by atoms with Crippen molar-refractivity contribution in [2.24, 2.45) is 0 Å². The quantitative estimate of drug-likeness (QED) is 0.776. The largest absolute Gasteiger partial charge is 0.399 e. The normalized spacial score (nSPS) is 13.5. The molecule has 0 bridgehead atoms. The van der Waals surface area contributed by atoms with E-state index in [4.69, 9.17) is 10.5 Å². The maximum absolute atomic E-state index is 13.5. The lowest BCUT2D eigenvalue weighted by Gasteiger charge is -2.15. The van der Waals surface area contributed by atoms with Gasteiger partial charge in [-0.05, 0) is 32.4 Å². The van der Waals surface area contributed by atoms with Crippen molar-refractivity contribution in [2.75, 3.05) is 19.5 Å². The molecule has 5 nitrogen and oxygen atoms in total. The zero-order valence-corrected chi connectivity index (χ0v) is 12.1. The molecule has 19 heavy (non-hydrogen) atoms. The molecule has 1 aromatic carbocycles. The highest BCUT2D eigenvalue weighted by molar-refractivity contribution is 7.89. The van der Waals surface area contributed by atoms with E-state index in [2.05, 4.69) is 4.72 Å². The summed E-state index contributed by atoms with van der Waals surface area (Å²) in [5.74, 6) is -0.634. The predicted octanol–water partition coefficient (Wildman–Crippen LogP) is 1.42. The molecule has 1 atom stereocenters. The number of ether oxygens (including phenoxy) is 1. The molecule has 0 saturated carbocycles. The zero-order valence-electron chi connectivity index (χ0n) is 11.2. The van der Waals surface area contributed by atoms with Gasteiger partial charge >= 0.3 is 0 Å². The fourth-order valence-electron chi connectivity index (χ4n) is 1.63. The van der Waals surface area contributed by atoms with Crippen molar-refractivity contribution < 1.29 is 17.5 Å². The molecule has 0 aliphatic heterocycles. The monoisotopic (exact) mass is 290 g/mol. The molecule has 0 aliphatic carbocycles. The van der Waals surface area contributed by atoms with Crippen LogP contribution in [0.4, 0.5) is 10.1 Å². The minimum atomic E-state index is -3.79. The Bertz CT molecular complexity index is 546. The molecule has 0 amide bonds. The second-order valence-corrected chi connectivity index (χ2v) is 6.11. The highest BCUT2D eigenvalue weighted by Crippen LogP contribution is 2.22. The predicted molar refractivity (Wildman–Crippen MR) is 71.8 cm³/mol. The van der Waals surface area contributed by atoms with Gasteiger partial charge in [-0.1, -0.05) is 0 Å². The van der Waals surface area contributed by atoms with Crippen LogP contribution in [0.15, 0.2) is 17.0 Å². The molecule has 0 spiro atoms. The third-order valence-corrected chi connectivity index (χ3v) is 4.44. The summed E-state index contributed by atoms with van der Waals surface area (Å²) in [5.41, 5.74) is 5.62. The minimum Gasteiger partial charge on any atom is -0.399 e. The van der Waals surface area contributed by atoms with Crippen LogP contribution in [0.25, 0.3) is 0 Å². The number of rotatable bonds is 6. The van der Waals surface area contributed by atoms with E-state index in [1.807, 2.05) is 0 Å². The van der Waals surface area contributed by atoms with Gasteiger partial charge in [-0.2, -0.15) is 0 Å². The number of nitrogens with one attached hydrogen (secondary N) is 1. The highest BCUT2D eigenvalue weighted by atomic mass is 32.2. The van der Waals surface area contributed by atoms with E-state index in [1.165, 1.54) is 13.0 Å². The van der Waals surface area contributed by atoms with Gasteiger partial charge in [0.05, 0.1) is 4.90 Å². The summed E-state index contributed by atoms with van der Waals surface area (Å²) < 4.78 is 45.2. The van der Waals surface area contributed by atoms with Crippen LogP contribution in [0.3, 0.4) is 0 Å². The topological polar surface area (TPSA) is 81.4 Å². The summed E-state index contributed by atoms with van der Waals surface area (Å²) in [4.78, 5) is -0.130. The Labute approximate surface area is 113 Å². The number of sulfonamides is 1. The number of methoxy groups -OCH3 is 1. The Hall–Kier alpha value is -1.18. The molecule has 1 rings (SSSR count). The van der Waals surface area contributed by atoms with Gasteiger partial charge in [0.25, 0.3) is 0 Å². The van der Waals surface area contributed by atoms with Crippen LogP contribution in [0.5, 0.6) is 0 Å². The summed E-state index contributed by atoms with van der Waals surface area (Å²) in [6.45, 7) is 3.56. The number of nitrogen functional groups attached to an aromatic ring is 1. The number of hydrogen-bond acceptors (Lipinski definition) is 4. The number of nitrogens with two attached hydrogens (primary N) is 1. The first-order chi connectivity index (χ1) is 8.77. The molecule has 0 fully saturated rings. The van der Waals surface area contributed by atoms with Crippen molar-refractivity contribution in [1.29, 1.82) is 0 Å². The zero-order chi connectivity index (χ0) is 14.6. The first-order valence-electron chi connectivity index (χ1n) is 5.85. The third-order valence-electron chi connectivity index (χ3n) is 2.72. The maximum atomic E-state index is 13.5. The van der Waals surface area contributed by atoms with E-state index >= 15 is 0 Å². The fourth-order valence-corrected chi connectivity index (χ4v) is 3.20. The molecule has 1 unspecified atom stereocenters. The lowest BCUT2D eigenvalue weighted by atomic mass is 10.2. The molecular weight excluding hydrogens is 271 g/mol. The molecule has 1 aromatic rings. The highest BCUT2D eigenvalue weighted by Gasteiger charge is 2.21. The Morgan fingerprint density at radius 3 is 2.68 bits per heavy atom. The fraction of sp³-hybridized carbons (Fsp3) is 0.500. The van der Waals surface area contributed by atoms with E-state index in [0.29, 0.717) is 13.0 Å². The molecule has 3 N–H and O–H groups in total.